The van der Waals surface area contributed by atoms with Crippen LogP contribution in [0.5, 0.6) is 5.75 Å². The average Bonchev–Trinajstić information content (AvgIpc) is 2.79. The van der Waals surface area contributed by atoms with Gasteiger partial charge in [0.15, 0.2) is 0 Å². The molecule has 0 bridgehead atoms. The highest BCUT2D eigenvalue weighted by atomic mass is 19.1. The fraction of sp³-hybridized carbons (Fsp3) is 0.435. The van der Waals surface area contributed by atoms with Gasteiger partial charge in [0.2, 0.25) is 0 Å². The molecule has 1 aliphatic rings. The Morgan fingerprint density at radius 1 is 1.13 bits per heavy atom. The van der Waals surface area contributed by atoms with E-state index in [0.29, 0.717) is 50.9 Å². The van der Waals surface area contributed by atoms with E-state index in [1.54, 1.807) is 24.3 Å². The van der Waals surface area contributed by atoms with Gasteiger partial charge in [0, 0.05) is 26.2 Å². The van der Waals surface area contributed by atoms with Crippen molar-refractivity contribution >= 4 is 5.91 Å². The molecule has 2 aromatic carbocycles. The molecule has 0 saturated carbocycles. The van der Waals surface area contributed by atoms with Gasteiger partial charge in [-0.3, -0.25) is 9.69 Å². The number of ether oxygens (including phenoxy) is 3. The lowest BCUT2D eigenvalue weighted by atomic mass is 10.0. The van der Waals surface area contributed by atoms with Crippen molar-refractivity contribution in [2.45, 2.75) is 13.0 Å². The first-order chi connectivity index (χ1) is 14.7. The smallest absolute Gasteiger partial charge is 0.255 e. The SMILES string of the molecule is CCOCCOc1ccccc1C(=O)NCC(c1ccc(F)cc1)N1CCOCC1. The molecule has 162 valence electrons. The van der Waals surface area contributed by atoms with Gasteiger partial charge in [-0.05, 0) is 36.8 Å². The molecule has 1 unspecified atom stereocenters. The molecular weight excluding hydrogens is 387 g/mol. The van der Waals surface area contributed by atoms with Gasteiger partial charge in [-0.1, -0.05) is 24.3 Å². The number of hydrogen-bond acceptors (Lipinski definition) is 5. The third-order valence-electron chi connectivity index (χ3n) is 5.02. The molecule has 1 aliphatic heterocycles. The van der Waals surface area contributed by atoms with Gasteiger partial charge in [0.1, 0.15) is 18.2 Å². The molecule has 2 aromatic rings. The second kappa shape index (κ2) is 11.6. The molecule has 0 aromatic heterocycles. The van der Waals surface area contributed by atoms with E-state index in [9.17, 15) is 9.18 Å². The molecule has 0 spiro atoms. The van der Waals surface area contributed by atoms with Crippen molar-refractivity contribution in [3.63, 3.8) is 0 Å². The number of carbonyl (C=O) groups is 1. The minimum absolute atomic E-state index is 0.0653. The Labute approximate surface area is 176 Å². The van der Waals surface area contributed by atoms with Crippen LogP contribution in [0.4, 0.5) is 4.39 Å². The number of para-hydroxylation sites is 1. The molecule has 1 fully saturated rings. The molecule has 1 amide bonds. The summed E-state index contributed by atoms with van der Waals surface area (Å²) in [5.41, 5.74) is 1.44. The van der Waals surface area contributed by atoms with Crippen LogP contribution in [0.1, 0.15) is 28.9 Å². The van der Waals surface area contributed by atoms with E-state index in [4.69, 9.17) is 14.2 Å². The summed E-state index contributed by atoms with van der Waals surface area (Å²) in [6.45, 7) is 6.59. The quantitative estimate of drug-likeness (QED) is 0.604. The molecule has 1 N–H and O–H groups in total. The zero-order valence-electron chi connectivity index (χ0n) is 17.3. The lowest BCUT2D eigenvalue weighted by molar-refractivity contribution is 0.0162. The van der Waals surface area contributed by atoms with Crippen molar-refractivity contribution < 1.29 is 23.4 Å². The molecule has 1 saturated heterocycles. The summed E-state index contributed by atoms with van der Waals surface area (Å²) in [4.78, 5) is 15.2. The normalized spacial score (nSPS) is 15.5. The average molecular weight is 416 g/mol. The number of halogens is 1. The first-order valence-corrected chi connectivity index (χ1v) is 10.3. The van der Waals surface area contributed by atoms with E-state index in [1.165, 1.54) is 12.1 Å². The lowest BCUT2D eigenvalue weighted by Gasteiger charge is -2.35. The Bertz CT molecular complexity index is 794. The largest absolute Gasteiger partial charge is 0.490 e. The predicted molar refractivity (Wildman–Crippen MR) is 112 cm³/mol. The summed E-state index contributed by atoms with van der Waals surface area (Å²) in [6, 6.07) is 13.5. The number of benzene rings is 2. The molecule has 1 atom stereocenters. The van der Waals surface area contributed by atoms with E-state index in [1.807, 2.05) is 19.1 Å². The third-order valence-corrected chi connectivity index (χ3v) is 5.02. The number of hydrogen-bond donors (Lipinski definition) is 1. The minimum atomic E-state index is -0.276. The van der Waals surface area contributed by atoms with Gasteiger partial charge >= 0.3 is 0 Å². The van der Waals surface area contributed by atoms with Crippen molar-refractivity contribution in [3.05, 3.63) is 65.5 Å². The summed E-state index contributed by atoms with van der Waals surface area (Å²) in [7, 11) is 0. The molecule has 3 rings (SSSR count). The monoisotopic (exact) mass is 416 g/mol. The maximum atomic E-state index is 13.4. The van der Waals surface area contributed by atoms with Crippen molar-refractivity contribution in [2.24, 2.45) is 0 Å². The highest BCUT2D eigenvalue weighted by Crippen LogP contribution is 2.23. The molecule has 1 heterocycles. The van der Waals surface area contributed by atoms with Gasteiger partial charge in [0.25, 0.3) is 5.91 Å². The van der Waals surface area contributed by atoms with Gasteiger partial charge in [-0.25, -0.2) is 4.39 Å². The van der Waals surface area contributed by atoms with Crippen molar-refractivity contribution in [1.82, 2.24) is 10.2 Å². The van der Waals surface area contributed by atoms with Crippen LogP contribution in [0.3, 0.4) is 0 Å². The van der Waals surface area contributed by atoms with Crippen LogP contribution >= 0.6 is 0 Å². The Morgan fingerprint density at radius 3 is 2.60 bits per heavy atom. The highest BCUT2D eigenvalue weighted by Gasteiger charge is 2.24. The van der Waals surface area contributed by atoms with E-state index in [-0.39, 0.29) is 17.8 Å². The molecule has 0 aliphatic carbocycles. The van der Waals surface area contributed by atoms with Gasteiger partial charge < -0.3 is 19.5 Å². The third kappa shape index (κ3) is 6.26. The number of amides is 1. The first-order valence-electron chi connectivity index (χ1n) is 10.3. The minimum Gasteiger partial charge on any atom is -0.490 e. The molecule has 0 radical (unpaired) electrons. The number of nitrogens with zero attached hydrogens (tertiary/aromatic N) is 1. The molecular formula is C23H29FN2O4. The van der Waals surface area contributed by atoms with Crippen LogP contribution in [0.15, 0.2) is 48.5 Å². The highest BCUT2D eigenvalue weighted by molar-refractivity contribution is 5.96. The Kier molecular flexibility index (Phi) is 8.62. The first kappa shape index (κ1) is 22.2. The van der Waals surface area contributed by atoms with Crippen LogP contribution in [-0.4, -0.2) is 63.5 Å². The van der Waals surface area contributed by atoms with Gasteiger partial charge in [-0.15, -0.1) is 0 Å². The van der Waals surface area contributed by atoms with Crippen molar-refractivity contribution in [2.75, 3.05) is 52.7 Å². The van der Waals surface area contributed by atoms with Crippen LogP contribution in [-0.2, 0) is 9.47 Å². The standard InChI is InChI=1S/C23H29FN2O4/c1-2-28-15-16-30-22-6-4-3-5-20(22)23(27)25-17-21(26-11-13-29-14-12-26)18-7-9-19(24)10-8-18/h3-10,21H,2,11-17H2,1H3,(H,25,27). The van der Waals surface area contributed by atoms with Crippen molar-refractivity contribution in [3.8, 4) is 5.75 Å². The topological polar surface area (TPSA) is 60.0 Å². The maximum Gasteiger partial charge on any atom is 0.255 e. The Hall–Kier alpha value is -2.48. The van der Waals surface area contributed by atoms with Crippen LogP contribution in [0.25, 0.3) is 0 Å². The summed E-state index contributed by atoms with van der Waals surface area (Å²) < 4.78 is 29.9. The molecule has 30 heavy (non-hydrogen) atoms. The number of morpholine rings is 1. The van der Waals surface area contributed by atoms with Crippen LogP contribution in [0.2, 0.25) is 0 Å². The second-order valence-electron chi connectivity index (χ2n) is 6.97. The summed E-state index contributed by atoms with van der Waals surface area (Å²) in [5, 5.41) is 3.03. The summed E-state index contributed by atoms with van der Waals surface area (Å²) in [5.74, 6) is 0.0448. The molecule has 7 heteroatoms. The van der Waals surface area contributed by atoms with Crippen LogP contribution in [0, 0.1) is 5.82 Å². The molecule has 6 nitrogen and oxygen atoms in total. The summed E-state index contributed by atoms with van der Waals surface area (Å²) >= 11 is 0. The number of rotatable bonds is 10. The fourth-order valence-electron chi connectivity index (χ4n) is 3.45. The van der Waals surface area contributed by atoms with Gasteiger partial charge in [0.05, 0.1) is 31.4 Å². The Morgan fingerprint density at radius 2 is 1.87 bits per heavy atom. The Balaban J connectivity index is 1.67. The number of nitrogens with one attached hydrogen (secondary N) is 1. The van der Waals surface area contributed by atoms with Gasteiger partial charge in [-0.2, -0.15) is 0 Å². The fourth-order valence-corrected chi connectivity index (χ4v) is 3.45. The van der Waals surface area contributed by atoms with Crippen molar-refractivity contribution in [1.29, 1.82) is 0 Å². The predicted octanol–water partition coefficient (Wildman–Crippen LogP) is 3.04. The van der Waals surface area contributed by atoms with E-state index >= 15 is 0 Å². The lowest BCUT2D eigenvalue weighted by Crippen LogP contribution is -2.43. The number of carbonyl (C=O) groups excluding carboxylic acids is 1. The maximum absolute atomic E-state index is 13.4. The zero-order chi connectivity index (χ0) is 21.2. The van der Waals surface area contributed by atoms with Crippen LogP contribution < -0.4 is 10.1 Å². The summed E-state index contributed by atoms with van der Waals surface area (Å²) in [6.07, 6.45) is 0. The van der Waals surface area contributed by atoms with E-state index in [2.05, 4.69) is 10.2 Å². The van der Waals surface area contributed by atoms with E-state index in [0.717, 1.165) is 18.7 Å². The second-order valence-corrected chi connectivity index (χ2v) is 6.97. The van der Waals surface area contributed by atoms with E-state index < -0.39 is 0 Å². The zero-order valence-corrected chi connectivity index (χ0v) is 17.3.